The molecule has 7 rings (SSSR count). The smallest absolute Gasteiger partial charge is 0.160 e. The van der Waals surface area contributed by atoms with Crippen LogP contribution in [0.2, 0.25) is 0 Å². The van der Waals surface area contributed by atoms with Crippen LogP contribution in [0.1, 0.15) is 25.0 Å². The average Bonchev–Trinajstić information content (AvgIpc) is 3.68. The molecule has 0 bridgehead atoms. The maximum Gasteiger partial charge on any atom is 0.160 e. The number of hydrogen-bond donors (Lipinski definition) is 0. The molecule has 3 nitrogen and oxygen atoms in total. The van der Waals surface area contributed by atoms with Crippen LogP contribution >= 0.6 is 0 Å². The van der Waals surface area contributed by atoms with E-state index in [0.29, 0.717) is 5.70 Å². The molecular formula is C45H30N2O. The highest BCUT2D eigenvalue weighted by Gasteiger charge is 2.27. The number of hydrogen-bond acceptors (Lipinski definition) is 2. The summed E-state index contributed by atoms with van der Waals surface area (Å²) in [4.78, 5) is 2.15. The summed E-state index contributed by atoms with van der Waals surface area (Å²) in [6, 6.07) is 41.4. The van der Waals surface area contributed by atoms with E-state index in [9.17, 15) is 0 Å². The summed E-state index contributed by atoms with van der Waals surface area (Å²) >= 11 is 0. The molecule has 0 spiro atoms. The zero-order valence-electron chi connectivity index (χ0n) is 26.9. The number of fused-ring (bicyclic) bond motifs is 7. The second kappa shape index (κ2) is 12.5. The van der Waals surface area contributed by atoms with Crippen molar-refractivity contribution in [3.8, 4) is 24.7 Å². The van der Waals surface area contributed by atoms with E-state index >= 15 is 0 Å². The highest BCUT2D eigenvalue weighted by atomic mass is 16.3. The minimum atomic E-state index is 0.658. The SMILES string of the molecule is C#C/C=C\C(=C/C)N(c1c#cccc1)c1cc2c(oc3cccc(C)c32)c2c1c1c#cccc1n2/C(C#C)=C/C=C(\C)c1ccccc1. The lowest BCUT2D eigenvalue weighted by Gasteiger charge is -2.26. The summed E-state index contributed by atoms with van der Waals surface area (Å²) < 4.78 is 8.86. The molecule has 226 valence electrons. The minimum absolute atomic E-state index is 0.658. The monoisotopic (exact) mass is 614 g/mol. The van der Waals surface area contributed by atoms with Gasteiger partial charge in [-0.05, 0) is 98.2 Å². The molecule has 0 aliphatic rings. The number of nitrogens with zero attached hydrogens (tertiary/aromatic N) is 2. The van der Waals surface area contributed by atoms with Gasteiger partial charge in [-0.2, -0.15) is 0 Å². The van der Waals surface area contributed by atoms with Crippen molar-refractivity contribution in [2.45, 2.75) is 20.8 Å². The van der Waals surface area contributed by atoms with Gasteiger partial charge in [-0.25, -0.2) is 0 Å². The number of terminal acetylenes is 2. The third-order valence-electron chi connectivity index (χ3n) is 8.57. The summed E-state index contributed by atoms with van der Waals surface area (Å²) in [7, 11) is 0. The molecule has 0 amide bonds. The second-order valence-electron chi connectivity index (χ2n) is 11.4. The Morgan fingerprint density at radius 3 is 2.50 bits per heavy atom. The fourth-order valence-electron chi connectivity index (χ4n) is 6.38. The van der Waals surface area contributed by atoms with Crippen molar-refractivity contribution in [3.63, 3.8) is 0 Å². The van der Waals surface area contributed by atoms with Gasteiger partial charge in [0.25, 0.3) is 0 Å². The molecular weight excluding hydrogens is 585 g/mol. The van der Waals surface area contributed by atoms with E-state index in [1.807, 2.05) is 85.8 Å². The summed E-state index contributed by atoms with van der Waals surface area (Å²) in [5, 5.41) is 3.76. The Kier molecular flexibility index (Phi) is 7.82. The molecule has 7 aromatic rings. The van der Waals surface area contributed by atoms with Crippen LogP contribution in [0, 0.1) is 55.9 Å². The molecule has 0 N–H and O–H groups in total. The zero-order valence-corrected chi connectivity index (χ0v) is 26.9. The first-order valence-corrected chi connectivity index (χ1v) is 15.7. The van der Waals surface area contributed by atoms with Crippen LogP contribution in [-0.4, -0.2) is 4.57 Å². The maximum atomic E-state index is 6.75. The number of rotatable bonds is 7. The van der Waals surface area contributed by atoms with Crippen molar-refractivity contribution in [2.24, 2.45) is 0 Å². The third kappa shape index (κ3) is 4.98. The zero-order chi connectivity index (χ0) is 33.2. The summed E-state index contributed by atoms with van der Waals surface area (Å²) in [5.41, 5.74) is 9.78. The molecule has 0 aliphatic carbocycles. The Morgan fingerprint density at radius 1 is 0.917 bits per heavy atom. The van der Waals surface area contributed by atoms with Gasteiger partial charge in [0.15, 0.2) is 5.58 Å². The molecule has 2 heterocycles. The summed E-state index contributed by atoms with van der Waals surface area (Å²) in [6.07, 6.45) is 21.8. The van der Waals surface area contributed by atoms with Crippen molar-refractivity contribution in [1.29, 1.82) is 0 Å². The van der Waals surface area contributed by atoms with Crippen molar-refractivity contribution < 1.29 is 4.42 Å². The number of anilines is 2. The lowest BCUT2D eigenvalue weighted by Crippen LogP contribution is -2.15. The molecule has 2 aromatic heterocycles. The normalized spacial score (nSPS) is 12.4. The number of furan rings is 1. The van der Waals surface area contributed by atoms with Gasteiger partial charge in [0.05, 0.1) is 28.0 Å². The van der Waals surface area contributed by atoms with Crippen LogP contribution in [0.5, 0.6) is 0 Å². The van der Waals surface area contributed by atoms with Crippen LogP contribution in [-0.2, 0) is 0 Å². The third-order valence-corrected chi connectivity index (χ3v) is 8.57. The van der Waals surface area contributed by atoms with Crippen LogP contribution < -0.4 is 4.90 Å². The number of aryl methyl sites for hydroxylation is 1. The predicted octanol–water partition coefficient (Wildman–Crippen LogP) is 11.0. The second-order valence-corrected chi connectivity index (χ2v) is 11.4. The van der Waals surface area contributed by atoms with E-state index in [-0.39, 0.29) is 0 Å². The molecule has 0 atom stereocenters. The Labute approximate surface area is 281 Å². The van der Waals surface area contributed by atoms with Gasteiger partial charge < -0.3 is 9.32 Å². The summed E-state index contributed by atoms with van der Waals surface area (Å²) in [6.45, 7) is 6.18. The fourth-order valence-corrected chi connectivity index (χ4v) is 6.38. The molecule has 0 aliphatic heterocycles. The quantitative estimate of drug-likeness (QED) is 0.132. The number of aromatic nitrogens is 1. The molecule has 3 heteroatoms. The Bertz CT molecular complexity index is 2540. The fraction of sp³-hybridized carbons (Fsp3) is 0.0667. The molecule has 0 saturated heterocycles. The van der Waals surface area contributed by atoms with E-state index in [0.717, 1.165) is 77.5 Å². The van der Waals surface area contributed by atoms with Gasteiger partial charge in [0.2, 0.25) is 0 Å². The van der Waals surface area contributed by atoms with E-state index < -0.39 is 0 Å². The van der Waals surface area contributed by atoms with Gasteiger partial charge in [0.1, 0.15) is 11.1 Å². The van der Waals surface area contributed by atoms with E-state index in [1.54, 1.807) is 6.08 Å². The standard InChI is InChI=1S/C45H30N2O/c1-6-9-22-34(7-2)46(36-23-14-11-15-24-36)40-30-38-42-32(5)19-18-27-41(42)48-45(38)44-43(40)37-25-16-17-26-39(37)47(44)35(8-3)29-28-31(4)33-20-12-10-13-21-33/h1,3,7,9-14,17-23,26-30H,2,4-5H3/b22-9-,31-28+,34-7+,35-29+. The predicted molar refractivity (Wildman–Crippen MR) is 200 cm³/mol. The van der Waals surface area contributed by atoms with Gasteiger partial charge in [0, 0.05) is 21.9 Å². The lowest BCUT2D eigenvalue weighted by molar-refractivity contribution is 0.671. The largest absolute Gasteiger partial charge is 0.454 e. The van der Waals surface area contributed by atoms with Gasteiger partial charge in [-0.3, -0.25) is 4.57 Å². The van der Waals surface area contributed by atoms with Crippen molar-refractivity contribution in [2.75, 3.05) is 4.90 Å². The average molecular weight is 615 g/mol. The molecule has 0 radical (unpaired) electrons. The van der Waals surface area contributed by atoms with Crippen LogP contribution in [0.3, 0.4) is 0 Å². The first-order chi connectivity index (χ1) is 23.5. The molecule has 0 unspecified atom stereocenters. The number of benzene rings is 3. The Balaban J connectivity index is 1.67. The van der Waals surface area contributed by atoms with Crippen LogP contribution in [0.25, 0.3) is 55.0 Å². The molecule has 5 aromatic carbocycles. The van der Waals surface area contributed by atoms with Crippen molar-refractivity contribution >= 4 is 66.4 Å². The van der Waals surface area contributed by atoms with E-state index in [2.05, 4.69) is 89.8 Å². The topological polar surface area (TPSA) is 21.3 Å². The van der Waals surface area contributed by atoms with Crippen molar-refractivity contribution in [1.82, 2.24) is 4.57 Å². The molecule has 48 heavy (non-hydrogen) atoms. The van der Waals surface area contributed by atoms with E-state index in [1.165, 1.54) is 0 Å². The maximum absolute atomic E-state index is 6.75. The first-order valence-electron chi connectivity index (χ1n) is 15.7. The first kappa shape index (κ1) is 29.9. The van der Waals surface area contributed by atoms with Gasteiger partial charge >= 0.3 is 0 Å². The highest BCUT2D eigenvalue weighted by Crippen LogP contribution is 2.47. The molecule has 0 saturated carbocycles. The Morgan fingerprint density at radius 2 is 1.75 bits per heavy atom. The van der Waals surface area contributed by atoms with Crippen LogP contribution in [0.4, 0.5) is 11.4 Å². The van der Waals surface area contributed by atoms with Gasteiger partial charge in [-0.15, -0.1) is 12.8 Å². The van der Waals surface area contributed by atoms with Gasteiger partial charge in [-0.1, -0.05) is 90.7 Å². The van der Waals surface area contributed by atoms with Crippen LogP contribution in [0.15, 0.2) is 125 Å². The van der Waals surface area contributed by atoms with E-state index in [4.69, 9.17) is 17.3 Å². The van der Waals surface area contributed by atoms with Crippen molar-refractivity contribution in [3.05, 3.63) is 156 Å². The summed E-state index contributed by atoms with van der Waals surface area (Å²) in [5.74, 6) is 5.64. The Hall–Kier alpha value is -6.78. The lowest BCUT2D eigenvalue weighted by atomic mass is 10.0. The highest BCUT2D eigenvalue weighted by molar-refractivity contribution is 6.27. The molecule has 0 fully saturated rings. The number of allylic oxidation sites excluding steroid dienone is 7. The minimum Gasteiger partial charge on any atom is -0.454 e.